The number of nitrogens with zero attached hydrogens (tertiary/aromatic N) is 4. The highest BCUT2D eigenvalue weighted by atomic mass is 16.5. The average Bonchev–Trinajstić information content (AvgIpc) is 3.38. The first-order chi connectivity index (χ1) is 14.8. The summed E-state index contributed by atoms with van der Waals surface area (Å²) in [5, 5.41) is 5.55. The summed E-state index contributed by atoms with van der Waals surface area (Å²) in [5.74, 6) is -0.164. The summed E-state index contributed by atoms with van der Waals surface area (Å²) < 4.78 is 8.98. The molecule has 0 N–H and O–H groups in total. The molecule has 0 spiro atoms. The van der Waals surface area contributed by atoms with Crippen LogP contribution in [0.3, 0.4) is 0 Å². The van der Waals surface area contributed by atoms with Crippen molar-refractivity contribution >= 4 is 22.8 Å². The standard InChI is InChI=1S/C24H30N4O3/c1-6-31-24(30)19-11-18(19)13-28(14-20-15(2)25-27(5)16(20)3)23(29)22-12-17-9-7-8-10-21(17)26(22)4/h7-10,12,18-19H,6,11,13-14H2,1-5H3/t18-,19-/m0/s1. The maximum absolute atomic E-state index is 13.7. The largest absolute Gasteiger partial charge is 0.466 e. The van der Waals surface area contributed by atoms with Crippen LogP contribution in [0.2, 0.25) is 0 Å². The van der Waals surface area contributed by atoms with Gasteiger partial charge < -0.3 is 14.2 Å². The summed E-state index contributed by atoms with van der Waals surface area (Å²) in [7, 11) is 3.84. The van der Waals surface area contributed by atoms with Gasteiger partial charge in [-0.05, 0) is 45.2 Å². The van der Waals surface area contributed by atoms with E-state index in [1.165, 1.54) is 0 Å². The number of rotatable bonds is 7. The van der Waals surface area contributed by atoms with E-state index in [-0.39, 0.29) is 23.7 Å². The predicted molar refractivity (Wildman–Crippen MR) is 119 cm³/mol. The van der Waals surface area contributed by atoms with Crippen molar-refractivity contribution in [2.45, 2.75) is 33.7 Å². The minimum Gasteiger partial charge on any atom is -0.466 e. The van der Waals surface area contributed by atoms with E-state index in [1.54, 1.807) is 0 Å². The van der Waals surface area contributed by atoms with Crippen LogP contribution in [-0.4, -0.2) is 44.3 Å². The first kappa shape index (κ1) is 21.2. The molecule has 1 amide bonds. The van der Waals surface area contributed by atoms with Crippen LogP contribution in [0.1, 0.15) is 40.8 Å². The molecule has 1 aromatic carbocycles. The van der Waals surface area contributed by atoms with Gasteiger partial charge in [-0.1, -0.05) is 18.2 Å². The Bertz CT molecular complexity index is 1140. The number of carbonyl (C=O) groups excluding carboxylic acids is 2. The molecular weight excluding hydrogens is 392 g/mol. The van der Waals surface area contributed by atoms with Crippen molar-refractivity contribution in [3.05, 3.63) is 53.0 Å². The molecule has 7 heteroatoms. The molecule has 0 saturated heterocycles. The highest BCUT2D eigenvalue weighted by molar-refractivity contribution is 5.98. The molecular formula is C24H30N4O3. The summed E-state index contributed by atoms with van der Waals surface area (Å²) >= 11 is 0. The number of ether oxygens (including phenoxy) is 1. The molecule has 2 atom stereocenters. The van der Waals surface area contributed by atoms with Gasteiger partial charge in [-0.15, -0.1) is 0 Å². The fourth-order valence-corrected chi connectivity index (χ4v) is 4.38. The van der Waals surface area contributed by atoms with E-state index in [0.29, 0.717) is 25.4 Å². The molecule has 31 heavy (non-hydrogen) atoms. The van der Waals surface area contributed by atoms with Gasteiger partial charge in [0.15, 0.2) is 0 Å². The Kier molecular flexibility index (Phi) is 5.60. The summed E-state index contributed by atoms with van der Waals surface area (Å²) in [4.78, 5) is 27.7. The number of esters is 1. The molecule has 0 bridgehead atoms. The average molecular weight is 423 g/mol. The third-order valence-corrected chi connectivity index (χ3v) is 6.43. The predicted octanol–water partition coefficient (Wildman–Crippen LogP) is 3.37. The van der Waals surface area contributed by atoms with E-state index in [0.717, 1.165) is 34.3 Å². The Morgan fingerprint density at radius 1 is 1.23 bits per heavy atom. The lowest BCUT2D eigenvalue weighted by Gasteiger charge is -2.23. The molecule has 2 heterocycles. The second-order valence-electron chi connectivity index (χ2n) is 8.46. The molecule has 1 aliphatic rings. The van der Waals surface area contributed by atoms with Gasteiger partial charge in [0.2, 0.25) is 0 Å². The zero-order valence-electron chi connectivity index (χ0n) is 18.9. The summed E-state index contributed by atoms with van der Waals surface area (Å²) in [5.41, 5.74) is 4.70. The lowest BCUT2D eigenvalue weighted by Crippen LogP contribution is -2.34. The zero-order valence-corrected chi connectivity index (χ0v) is 18.9. The zero-order chi connectivity index (χ0) is 22.3. The van der Waals surface area contributed by atoms with Gasteiger partial charge in [-0.25, -0.2) is 0 Å². The minimum atomic E-state index is -0.154. The van der Waals surface area contributed by atoms with Gasteiger partial charge >= 0.3 is 5.97 Å². The normalized spacial score (nSPS) is 17.7. The number of aryl methyl sites for hydroxylation is 3. The van der Waals surface area contributed by atoms with E-state index in [1.807, 2.05) is 79.3 Å². The molecule has 1 aliphatic carbocycles. The molecule has 2 aromatic heterocycles. The summed E-state index contributed by atoms with van der Waals surface area (Å²) in [6.07, 6.45) is 0.767. The van der Waals surface area contributed by atoms with E-state index in [2.05, 4.69) is 5.10 Å². The number of carbonyl (C=O) groups is 2. The van der Waals surface area contributed by atoms with Crippen molar-refractivity contribution in [1.82, 2.24) is 19.2 Å². The fourth-order valence-electron chi connectivity index (χ4n) is 4.38. The monoisotopic (exact) mass is 422 g/mol. The van der Waals surface area contributed by atoms with Crippen LogP contribution in [0.25, 0.3) is 10.9 Å². The third kappa shape index (κ3) is 3.96. The van der Waals surface area contributed by atoms with E-state index in [4.69, 9.17) is 4.74 Å². The second kappa shape index (κ2) is 8.21. The SMILES string of the molecule is CCOC(=O)[C@H]1C[C@H]1CN(Cc1c(C)nn(C)c1C)C(=O)c1cc2ccccc2n1C. The number of benzene rings is 1. The Balaban J connectivity index is 1.63. The first-order valence-electron chi connectivity index (χ1n) is 10.8. The molecule has 0 radical (unpaired) electrons. The molecule has 0 aliphatic heterocycles. The Hall–Kier alpha value is -3.09. The number of aromatic nitrogens is 3. The molecule has 0 unspecified atom stereocenters. The summed E-state index contributed by atoms with van der Waals surface area (Å²) in [6, 6.07) is 9.94. The van der Waals surface area contributed by atoms with Crippen LogP contribution in [0.4, 0.5) is 0 Å². The van der Waals surface area contributed by atoms with Gasteiger partial charge in [-0.3, -0.25) is 14.3 Å². The van der Waals surface area contributed by atoms with Crippen molar-refractivity contribution < 1.29 is 14.3 Å². The smallest absolute Gasteiger partial charge is 0.309 e. The minimum absolute atomic E-state index is 0.0316. The van der Waals surface area contributed by atoms with Crippen molar-refractivity contribution in [3.8, 4) is 0 Å². The van der Waals surface area contributed by atoms with Crippen LogP contribution in [-0.2, 0) is 30.2 Å². The number of hydrogen-bond donors (Lipinski definition) is 0. The lowest BCUT2D eigenvalue weighted by atomic mass is 10.1. The van der Waals surface area contributed by atoms with Gasteiger partial charge in [0.1, 0.15) is 5.69 Å². The first-order valence-corrected chi connectivity index (χ1v) is 10.8. The van der Waals surface area contributed by atoms with Gasteiger partial charge in [-0.2, -0.15) is 5.10 Å². The van der Waals surface area contributed by atoms with Gasteiger partial charge in [0, 0.05) is 49.3 Å². The molecule has 3 aromatic rings. The summed E-state index contributed by atoms with van der Waals surface area (Å²) in [6.45, 7) is 7.19. The van der Waals surface area contributed by atoms with Crippen LogP contribution in [0.15, 0.2) is 30.3 Å². The number of fused-ring (bicyclic) bond motifs is 1. The number of para-hydroxylation sites is 1. The Labute approximate surface area is 182 Å². The van der Waals surface area contributed by atoms with E-state index in [9.17, 15) is 9.59 Å². The highest BCUT2D eigenvalue weighted by Gasteiger charge is 2.45. The van der Waals surface area contributed by atoms with Crippen LogP contribution >= 0.6 is 0 Å². The number of hydrogen-bond acceptors (Lipinski definition) is 4. The van der Waals surface area contributed by atoms with E-state index < -0.39 is 0 Å². The third-order valence-electron chi connectivity index (χ3n) is 6.43. The van der Waals surface area contributed by atoms with E-state index >= 15 is 0 Å². The number of amides is 1. The van der Waals surface area contributed by atoms with Crippen molar-refractivity contribution in [2.75, 3.05) is 13.2 Å². The topological polar surface area (TPSA) is 69.4 Å². The molecule has 1 saturated carbocycles. The van der Waals surface area contributed by atoms with Crippen molar-refractivity contribution in [3.63, 3.8) is 0 Å². The maximum Gasteiger partial charge on any atom is 0.309 e. The molecule has 7 nitrogen and oxygen atoms in total. The quantitative estimate of drug-likeness (QED) is 0.548. The lowest BCUT2D eigenvalue weighted by molar-refractivity contribution is -0.145. The van der Waals surface area contributed by atoms with Crippen LogP contribution < -0.4 is 0 Å². The molecule has 164 valence electrons. The second-order valence-corrected chi connectivity index (χ2v) is 8.46. The van der Waals surface area contributed by atoms with Crippen molar-refractivity contribution in [1.29, 1.82) is 0 Å². The Morgan fingerprint density at radius 3 is 2.61 bits per heavy atom. The van der Waals surface area contributed by atoms with Gasteiger partial charge in [0.05, 0.1) is 18.2 Å². The molecule has 1 fully saturated rings. The Morgan fingerprint density at radius 2 is 1.97 bits per heavy atom. The van der Waals surface area contributed by atoms with Crippen molar-refractivity contribution in [2.24, 2.45) is 25.9 Å². The molecule has 4 rings (SSSR count). The highest BCUT2D eigenvalue weighted by Crippen LogP contribution is 2.40. The van der Waals surface area contributed by atoms with Crippen LogP contribution in [0.5, 0.6) is 0 Å². The van der Waals surface area contributed by atoms with Gasteiger partial charge in [0.25, 0.3) is 5.91 Å². The van der Waals surface area contributed by atoms with Crippen LogP contribution in [0, 0.1) is 25.7 Å². The maximum atomic E-state index is 13.7. The fraction of sp³-hybridized carbons (Fsp3) is 0.458.